The van der Waals surface area contributed by atoms with Gasteiger partial charge in [0.15, 0.2) is 0 Å². The van der Waals surface area contributed by atoms with Gasteiger partial charge in [-0.05, 0) is 48.5 Å². The van der Waals surface area contributed by atoms with E-state index in [2.05, 4.69) is 15.6 Å². The van der Waals surface area contributed by atoms with Crippen LogP contribution in [0.1, 0.15) is 36.6 Å². The van der Waals surface area contributed by atoms with Gasteiger partial charge < -0.3 is 10.2 Å². The average molecular weight is 454 g/mol. The van der Waals surface area contributed by atoms with Crippen LogP contribution >= 0.6 is 0 Å². The molecule has 1 amide bonds. The second-order valence-corrected chi connectivity index (χ2v) is 7.18. The molecule has 1 heterocycles. The van der Waals surface area contributed by atoms with E-state index in [0.29, 0.717) is 28.1 Å². The number of benzene rings is 3. The van der Waals surface area contributed by atoms with E-state index in [4.69, 9.17) is 10.2 Å². The topological polar surface area (TPSA) is 134 Å². The molecule has 0 fully saturated rings. The lowest BCUT2D eigenvalue weighted by molar-refractivity contribution is 0.0686. The lowest BCUT2D eigenvalue weighted by atomic mass is 10.1. The number of hydrogen-bond donors (Lipinski definition) is 3. The molecule has 9 nitrogen and oxygen atoms in total. The Balaban J connectivity index is 1.67. The molecule has 0 saturated carbocycles. The molecule has 9 heteroatoms. The van der Waals surface area contributed by atoms with Crippen molar-refractivity contribution in [2.75, 3.05) is 0 Å². The van der Waals surface area contributed by atoms with E-state index in [9.17, 15) is 14.4 Å². The van der Waals surface area contributed by atoms with Crippen LogP contribution in [0.15, 0.2) is 90.2 Å². The van der Waals surface area contributed by atoms with E-state index in [1.807, 2.05) is 0 Å². The summed E-state index contributed by atoms with van der Waals surface area (Å²) >= 11 is 0. The molecule has 0 spiro atoms. The second-order valence-electron chi connectivity index (χ2n) is 7.18. The van der Waals surface area contributed by atoms with Crippen molar-refractivity contribution in [1.29, 1.82) is 0 Å². The number of carbonyl (C=O) groups excluding carboxylic acids is 1. The number of aromatic nitrogens is 2. The number of carboxylic acid groups (broad SMARTS) is 2. The number of amides is 1. The van der Waals surface area contributed by atoms with Crippen molar-refractivity contribution in [1.82, 2.24) is 15.2 Å². The Kier molecular flexibility index (Phi) is 6.26. The van der Waals surface area contributed by atoms with Gasteiger partial charge in [-0.2, -0.15) is 10.2 Å². The zero-order chi connectivity index (χ0) is 24.1. The van der Waals surface area contributed by atoms with E-state index >= 15 is 0 Å². The first-order valence-electron chi connectivity index (χ1n) is 10.1. The molecule has 0 radical (unpaired) electrons. The smallest absolute Gasteiger partial charge is 0.335 e. The van der Waals surface area contributed by atoms with E-state index in [1.54, 1.807) is 65.5 Å². The van der Waals surface area contributed by atoms with Gasteiger partial charge in [0, 0.05) is 22.9 Å². The van der Waals surface area contributed by atoms with Crippen LogP contribution in [0.2, 0.25) is 0 Å². The number of carboxylic acids is 2. The Bertz CT molecular complexity index is 1380. The van der Waals surface area contributed by atoms with Crippen molar-refractivity contribution in [3.05, 3.63) is 107 Å². The van der Waals surface area contributed by atoms with Crippen molar-refractivity contribution >= 4 is 24.1 Å². The molecule has 0 aliphatic heterocycles. The highest BCUT2D eigenvalue weighted by atomic mass is 16.4. The molecule has 0 bridgehead atoms. The van der Waals surface area contributed by atoms with Gasteiger partial charge in [0.25, 0.3) is 5.91 Å². The van der Waals surface area contributed by atoms with Crippen LogP contribution in [-0.2, 0) is 0 Å². The molecule has 4 rings (SSSR count). The minimum absolute atomic E-state index is 0.137. The van der Waals surface area contributed by atoms with Crippen molar-refractivity contribution in [2.24, 2.45) is 5.10 Å². The first-order valence-corrected chi connectivity index (χ1v) is 10.1. The van der Waals surface area contributed by atoms with Gasteiger partial charge in [-0.15, -0.1) is 0 Å². The molecule has 168 valence electrons. The van der Waals surface area contributed by atoms with Gasteiger partial charge in [0.2, 0.25) is 0 Å². The van der Waals surface area contributed by atoms with Gasteiger partial charge in [-0.3, -0.25) is 4.79 Å². The summed E-state index contributed by atoms with van der Waals surface area (Å²) in [5, 5.41) is 26.9. The summed E-state index contributed by atoms with van der Waals surface area (Å²) in [5.74, 6) is -2.45. The van der Waals surface area contributed by atoms with Gasteiger partial charge in [-0.25, -0.2) is 19.7 Å². The molecular weight excluding hydrogens is 436 g/mol. The first-order chi connectivity index (χ1) is 16.4. The predicted octanol–water partition coefficient (Wildman–Crippen LogP) is 3.70. The highest BCUT2D eigenvalue weighted by molar-refractivity contribution is 5.96. The van der Waals surface area contributed by atoms with Crippen LogP contribution in [0.5, 0.6) is 0 Å². The fraction of sp³-hybridized carbons (Fsp3) is 0. The zero-order valence-corrected chi connectivity index (χ0v) is 17.6. The normalized spacial score (nSPS) is 10.8. The Hall–Kier alpha value is -5.05. The van der Waals surface area contributed by atoms with E-state index in [1.165, 1.54) is 30.5 Å². The number of carbonyl (C=O) groups is 3. The quantitative estimate of drug-likeness (QED) is 0.288. The summed E-state index contributed by atoms with van der Waals surface area (Å²) in [4.78, 5) is 34.6. The van der Waals surface area contributed by atoms with Crippen molar-refractivity contribution in [2.45, 2.75) is 0 Å². The highest BCUT2D eigenvalue weighted by Crippen LogP contribution is 2.23. The Morgan fingerprint density at radius 2 is 1.38 bits per heavy atom. The minimum atomic E-state index is -1.04. The SMILES string of the molecule is O=C(O)c1ccc(-c2nn(-c3ccc(C(=O)O)cc3)cc2/C=N/NC(=O)c2ccccc2)cc1. The van der Waals surface area contributed by atoms with Gasteiger partial charge >= 0.3 is 11.9 Å². The third-order valence-electron chi connectivity index (χ3n) is 4.93. The minimum Gasteiger partial charge on any atom is -0.478 e. The maximum Gasteiger partial charge on any atom is 0.335 e. The summed E-state index contributed by atoms with van der Waals surface area (Å²) in [6, 6.07) is 21.0. The molecule has 4 aromatic rings. The number of aromatic carboxylic acids is 2. The Morgan fingerprint density at radius 3 is 1.97 bits per heavy atom. The maximum absolute atomic E-state index is 12.3. The third-order valence-corrected chi connectivity index (χ3v) is 4.93. The Labute approximate surface area is 193 Å². The summed E-state index contributed by atoms with van der Waals surface area (Å²) in [5.41, 5.74) is 5.51. The number of rotatable bonds is 7. The number of nitrogens with one attached hydrogen (secondary N) is 1. The lowest BCUT2D eigenvalue weighted by Crippen LogP contribution is -2.17. The molecule has 3 N–H and O–H groups in total. The molecular formula is C25H18N4O5. The highest BCUT2D eigenvalue weighted by Gasteiger charge is 2.13. The van der Waals surface area contributed by atoms with Gasteiger partial charge in [-0.1, -0.05) is 30.3 Å². The number of nitrogens with zero attached hydrogens (tertiary/aromatic N) is 3. The lowest BCUT2D eigenvalue weighted by Gasteiger charge is -2.02. The zero-order valence-electron chi connectivity index (χ0n) is 17.6. The van der Waals surface area contributed by atoms with E-state index in [-0.39, 0.29) is 17.0 Å². The van der Waals surface area contributed by atoms with Crippen molar-refractivity contribution in [3.63, 3.8) is 0 Å². The predicted molar refractivity (Wildman–Crippen MR) is 124 cm³/mol. The van der Waals surface area contributed by atoms with Crippen LogP contribution in [-0.4, -0.2) is 44.1 Å². The summed E-state index contributed by atoms with van der Waals surface area (Å²) < 4.78 is 1.55. The van der Waals surface area contributed by atoms with E-state index in [0.717, 1.165) is 0 Å². The molecule has 1 aromatic heterocycles. The van der Waals surface area contributed by atoms with Gasteiger partial charge in [0.1, 0.15) is 5.69 Å². The standard InChI is InChI=1S/C25H18N4O5/c30-23(17-4-2-1-3-5-17)27-26-14-20-15-29(21-12-10-19(11-13-21)25(33)34)28-22(20)16-6-8-18(9-7-16)24(31)32/h1-15H,(H,27,30)(H,31,32)(H,33,34)/b26-14+. The summed E-state index contributed by atoms with van der Waals surface area (Å²) in [7, 11) is 0. The fourth-order valence-electron chi connectivity index (χ4n) is 3.18. The van der Waals surface area contributed by atoms with Crippen LogP contribution in [0.4, 0.5) is 0 Å². The van der Waals surface area contributed by atoms with Crippen LogP contribution in [0, 0.1) is 0 Å². The molecule has 34 heavy (non-hydrogen) atoms. The molecule has 0 atom stereocenters. The summed E-state index contributed by atoms with van der Waals surface area (Å²) in [6.45, 7) is 0. The van der Waals surface area contributed by atoms with Gasteiger partial charge in [0.05, 0.1) is 23.0 Å². The first kappa shape index (κ1) is 22.2. The molecule has 3 aromatic carbocycles. The molecule has 0 aliphatic carbocycles. The Morgan fingerprint density at radius 1 is 0.794 bits per heavy atom. The number of hydrazone groups is 1. The van der Waals surface area contributed by atoms with Crippen molar-refractivity contribution < 1.29 is 24.6 Å². The second kappa shape index (κ2) is 9.61. The van der Waals surface area contributed by atoms with Crippen LogP contribution in [0.3, 0.4) is 0 Å². The molecule has 0 unspecified atom stereocenters. The fourth-order valence-corrected chi connectivity index (χ4v) is 3.18. The third kappa shape index (κ3) is 4.89. The maximum atomic E-state index is 12.3. The van der Waals surface area contributed by atoms with Crippen LogP contribution in [0.25, 0.3) is 16.9 Å². The van der Waals surface area contributed by atoms with Crippen LogP contribution < -0.4 is 5.43 Å². The number of hydrogen-bond acceptors (Lipinski definition) is 5. The monoisotopic (exact) mass is 454 g/mol. The van der Waals surface area contributed by atoms with Crippen molar-refractivity contribution in [3.8, 4) is 16.9 Å². The largest absolute Gasteiger partial charge is 0.478 e. The summed E-state index contributed by atoms with van der Waals surface area (Å²) in [6.07, 6.45) is 3.12. The molecule has 0 aliphatic rings. The molecule has 0 saturated heterocycles. The average Bonchev–Trinajstić information content (AvgIpc) is 3.28. The van der Waals surface area contributed by atoms with E-state index < -0.39 is 11.9 Å².